The zero-order valence-electron chi connectivity index (χ0n) is 10.3. The highest BCUT2D eigenvalue weighted by Crippen LogP contribution is 2.35. The minimum atomic E-state index is -0.584. The van der Waals surface area contributed by atoms with Gasteiger partial charge in [0.1, 0.15) is 5.75 Å². The number of aliphatic hydroxyl groups is 2. The summed E-state index contributed by atoms with van der Waals surface area (Å²) in [6.45, 7) is 3.16. The lowest BCUT2D eigenvalue weighted by molar-refractivity contribution is 0.193. The van der Waals surface area contributed by atoms with Crippen molar-refractivity contribution in [3.63, 3.8) is 0 Å². The van der Waals surface area contributed by atoms with Crippen molar-refractivity contribution in [2.75, 3.05) is 25.1 Å². The van der Waals surface area contributed by atoms with Crippen molar-refractivity contribution in [3.05, 3.63) is 23.8 Å². The number of methoxy groups -OCH3 is 1. The Labute approximate surface area is 101 Å². The number of rotatable bonds is 3. The van der Waals surface area contributed by atoms with Gasteiger partial charge in [-0.25, -0.2) is 0 Å². The van der Waals surface area contributed by atoms with Crippen LogP contribution >= 0.6 is 0 Å². The number of anilines is 1. The summed E-state index contributed by atoms with van der Waals surface area (Å²) >= 11 is 0. The zero-order valence-corrected chi connectivity index (χ0v) is 10.3. The van der Waals surface area contributed by atoms with Crippen molar-refractivity contribution in [1.82, 2.24) is 0 Å². The molecule has 1 aliphatic heterocycles. The van der Waals surface area contributed by atoms with Gasteiger partial charge in [0.05, 0.1) is 19.3 Å². The first-order valence-corrected chi connectivity index (χ1v) is 5.91. The Bertz CT molecular complexity index is 392. The first-order chi connectivity index (χ1) is 8.13. The van der Waals surface area contributed by atoms with Gasteiger partial charge in [-0.1, -0.05) is 6.07 Å². The van der Waals surface area contributed by atoms with Crippen molar-refractivity contribution in [3.8, 4) is 5.75 Å². The molecular formula is C13H19NO3. The molecule has 1 fully saturated rings. The van der Waals surface area contributed by atoms with Crippen LogP contribution in [0.1, 0.15) is 25.0 Å². The predicted octanol–water partition coefficient (Wildman–Crippen LogP) is 1.32. The second kappa shape index (κ2) is 4.94. The molecule has 1 aromatic carbocycles. The maximum atomic E-state index is 9.87. The second-order valence-corrected chi connectivity index (χ2v) is 4.46. The van der Waals surface area contributed by atoms with Gasteiger partial charge in [0.2, 0.25) is 0 Å². The lowest BCUT2D eigenvalue weighted by atomic mass is 10.1. The lowest BCUT2D eigenvalue weighted by Crippen LogP contribution is -2.23. The van der Waals surface area contributed by atoms with Crippen LogP contribution in [0.2, 0.25) is 0 Å². The molecule has 0 aromatic heterocycles. The van der Waals surface area contributed by atoms with Gasteiger partial charge in [0.15, 0.2) is 0 Å². The number of hydrogen-bond donors (Lipinski definition) is 2. The molecule has 0 amide bonds. The highest BCUT2D eigenvalue weighted by Gasteiger charge is 2.25. The van der Waals surface area contributed by atoms with Crippen LogP contribution in [0.4, 0.5) is 5.69 Å². The average Bonchev–Trinajstić information content (AvgIpc) is 2.74. The van der Waals surface area contributed by atoms with E-state index in [9.17, 15) is 10.2 Å². The van der Waals surface area contributed by atoms with Crippen LogP contribution in [0.25, 0.3) is 0 Å². The highest BCUT2D eigenvalue weighted by atomic mass is 16.5. The van der Waals surface area contributed by atoms with E-state index in [1.165, 1.54) is 0 Å². The number of nitrogens with zero attached hydrogens (tertiary/aromatic N) is 1. The molecule has 1 unspecified atom stereocenters. The van der Waals surface area contributed by atoms with Gasteiger partial charge in [-0.05, 0) is 25.5 Å². The third-order valence-corrected chi connectivity index (χ3v) is 3.18. The predicted molar refractivity (Wildman–Crippen MR) is 66.5 cm³/mol. The fraction of sp³-hybridized carbons (Fsp3) is 0.538. The Morgan fingerprint density at radius 1 is 1.47 bits per heavy atom. The van der Waals surface area contributed by atoms with Gasteiger partial charge in [-0.15, -0.1) is 0 Å². The summed E-state index contributed by atoms with van der Waals surface area (Å²) in [6.07, 6.45) is -0.0850. The number of benzene rings is 1. The van der Waals surface area contributed by atoms with Crippen LogP contribution in [-0.4, -0.2) is 36.5 Å². The Balaban J connectivity index is 2.39. The smallest absolute Gasteiger partial charge is 0.126 e. The van der Waals surface area contributed by atoms with Gasteiger partial charge in [-0.3, -0.25) is 0 Å². The summed E-state index contributed by atoms with van der Waals surface area (Å²) in [7, 11) is 1.60. The molecule has 4 nitrogen and oxygen atoms in total. The molecule has 1 heterocycles. The Hall–Kier alpha value is -1.26. The SMILES string of the molecule is COc1cccc(N2CCC(O)C2)c1[C@H](C)O. The fourth-order valence-electron chi connectivity index (χ4n) is 2.37. The summed E-state index contributed by atoms with van der Waals surface area (Å²) < 4.78 is 5.28. The molecule has 0 spiro atoms. The quantitative estimate of drug-likeness (QED) is 0.832. The van der Waals surface area contributed by atoms with Gasteiger partial charge in [0, 0.05) is 24.3 Å². The lowest BCUT2D eigenvalue weighted by Gasteiger charge is -2.24. The number of aliphatic hydroxyl groups excluding tert-OH is 2. The largest absolute Gasteiger partial charge is 0.496 e. The van der Waals surface area contributed by atoms with E-state index in [1.807, 2.05) is 18.2 Å². The summed E-state index contributed by atoms with van der Waals surface area (Å²) in [5, 5.41) is 19.5. The fourth-order valence-corrected chi connectivity index (χ4v) is 2.37. The van der Waals surface area contributed by atoms with Gasteiger partial charge < -0.3 is 19.8 Å². The Kier molecular flexibility index (Phi) is 3.54. The average molecular weight is 237 g/mol. The summed E-state index contributed by atoms with van der Waals surface area (Å²) in [4.78, 5) is 2.09. The first kappa shape index (κ1) is 12.2. The minimum absolute atomic E-state index is 0.275. The number of β-amino-alcohol motifs (C(OH)–C–C–N with tert-alkyl or cyclic N) is 1. The van der Waals surface area contributed by atoms with E-state index in [2.05, 4.69) is 4.90 Å². The van der Waals surface area contributed by atoms with E-state index in [0.717, 1.165) is 24.2 Å². The molecule has 2 atom stereocenters. The molecule has 2 N–H and O–H groups in total. The molecule has 17 heavy (non-hydrogen) atoms. The molecule has 1 saturated heterocycles. The van der Waals surface area contributed by atoms with E-state index < -0.39 is 6.10 Å². The topological polar surface area (TPSA) is 52.9 Å². The number of hydrogen-bond acceptors (Lipinski definition) is 4. The molecule has 1 aromatic rings. The van der Waals surface area contributed by atoms with E-state index in [0.29, 0.717) is 12.3 Å². The van der Waals surface area contributed by atoms with Crippen LogP contribution in [0.3, 0.4) is 0 Å². The monoisotopic (exact) mass is 237 g/mol. The van der Waals surface area contributed by atoms with Crippen LogP contribution in [0.5, 0.6) is 5.75 Å². The van der Waals surface area contributed by atoms with Crippen molar-refractivity contribution >= 4 is 5.69 Å². The van der Waals surface area contributed by atoms with Crippen LogP contribution in [-0.2, 0) is 0 Å². The van der Waals surface area contributed by atoms with Crippen molar-refractivity contribution in [1.29, 1.82) is 0 Å². The maximum absolute atomic E-state index is 9.87. The second-order valence-electron chi connectivity index (χ2n) is 4.46. The number of ether oxygens (including phenoxy) is 1. The van der Waals surface area contributed by atoms with Crippen LogP contribution in [0.15, 0.2) is 18.2 Å². The van der Waals surface area contributed by atoms with Crippen LogP contribution in [0, 0.1) is 0 Å². The normalized spacial score (nSPS) is 21.6. The summed E-state index contributed by atoms with van der Waals surface area (Å²) in [5.41, 5.74) is 1.75. The third kappa shape index (κ3) is 2.37. The maximum Gasteiger partial charge on any atom is 0.126 e. The first-order valence-electron chi connectivity index (χ1n) is 5.91. The van der Waals surface area contributed by atoms with E-state index in [1.54, 1.807) is 14.0 Å². The molecule has 1 aliphatic rings. The van der Waals surface area contributed by atoms with E-state index >= 15 is 0 Å². The highest BCUT2D eigenvalue weighted by molar-refractivity contribution is 5.61. The molecular weight excluding hydrogens is 218 g/mol. The molecule has 0 aliphatic carbocycles. The van der Waals surface area contributed by atoms with Gasteiger partial charge in [-0.2, -0.15) is 0 Å². The van der Waals surface area contributed by atoms with Gasteiger partial charge in [0.25, 0.3) is 0 Å². The zero-order chi connectivity index (χ0) is 12.4. The molecule has 94 valence electrons. The Morgan fingerprint density at radius 3 is 2.76 bits per heavy atom. The molecule has 0 radical (unpaired) electrons. The van der Waals surface area contributed by atoms with Crippen molar-refractivity contribution in [2.45, 2.75) is 25.6 Å². The van der Waals surface area contributed by atoms with Crippen molar-refractivity contribution < 1.29 is 14.9 Å². The van der Waals surface area contributed by atoms with Gasteiger partial charge >= 0.3 is 0 Å². The molecule has 0 saturated carbocycles. The summed E-state index contributed by atoms with van der Waals surface area (Å²) in [5.74, 6) is 0.693. The van der Waals surface area contributed by atoms with E-state index in [4.69, 9.17) is 4.74 Å². The van der Waals surface area contributed by atoms with Crippen LogP contribution < -0.4 is 9.64 Å². The van der Waals surface area contributed by atoms with Crippen molar-refractivity contribution in [2.24, 2.45) is 0 Å². The molecule has 4 heteroatoms. The Morgan fingerprint density at radius 2 is 2.24 bits per heavy atom. The summed E-state index contributed by atoms with van der Waals surface area (Å²) in [6, 6.07) is 5.71. The minimum Gasteiger partial charge on any atom is -0.496 e. The third-order valence-electron chi connectivity index (χ3n) is 3.18. The molecule has 2 rings (SSSR count). The standard InChI is InChI=1S/C13H19NO3/c1-9(15)13-11(4-3-5-12(13)17-2)14-7-6-10(16)8-14/h3-5,9-10,15-16H,6-8H2,1-2H3/t9-,10?/m0/s1. The molecule has 0 bridgehead atoms. The van der Waals surface area contributed by atoms with E-state index in [-0.39, 0.29) is 6.10 Å².